The van der Waals surface area contributed by atoms with Crippen LogP contribution < -0.4 is 9.47 Å². The molecule has 1 saturated carbocycles. The van der Waals surface area contributed by atoms with E-state index in [4.69, 9.17) is 9.47 Å². The molecule has 0 aromatic heterocycles. The van der Waals surface area contributed by atoms with Crippen molar-refractivity contribution in [3.63, 3.8) is 0 Å². The second-order valence-electron chi connectivity index (χ2n) is 5.86. The van der Waals surface area contributed by atoms with Crippen molar-refractivity contribution in [2.24, 2.45) is 5.92 Å². The van der Waals surface area contributed by atoms with Gasteiger partial charge in [0.05, 0.1) is 20.3 Å². The number of carbonyl (C=O) groups is 3. The van der Waals surface area contributed by atoms with Crippen LogP contribution in [-0.2, 0) is 9.59 Å². The molecule has 1 aromatic carbocycles. The molecule has 6 heteroatoms. The monoisotopic (exact) mass is 317 g/mol. The van der Waals surface area contributed by atoms with Crippen molar-refractivity contribution < 1.29 is 23.9 Å². The van der Waals surface area contributed by atoms with Gasteiger partial charge in [-0.1, -0.05) is 0 Å². The zero-order valence-electron chi connectivity index (χ0n) is 13.2. The quantitative estimate of drug-likeness (QED) is 0.795. The number of ketones is 1. The fourth-order valence-corrected chi connectivity index (χ4v) is 3.51. The lowest BCUT2D eigenvalue weighted by atomic mass is 9.90. The predicted octanol–water partition coefficient (Wildman–Crippen LogP) is 1.81. The van der Waals surface area contributed by atoms with Crippen LogP contribution in [0, 0.1) is 5.92 Å². The number of hydrogen-bond donors (Lipinski definition) is 0. The van der Waals surface area contributed by atoms with E-state index >= 15 is 0 Å². The molecule has 2 fully saturated rings. The maximum absolute atomic E-state index is 12.8. The summed E-state index contributed by atoms with van der Waals surface area (Å²) in [6, 6.07) is 4.51. The average Bonchev–Trinajstić information content (AvgIpc) is 2.94. The molecular formula is C17H19NO5. The van der Waals surface area contributed by atoms with Crippen LogP contribution in [-0.4, -0.2) is 42.8 Å². The Kier molecular flexibility index (Phi) is 4.07. The van der Waals surface area contributed by atoms with Gasteiger partial charge in [0.15, 0.2) is 11.5 Å². The van der Waals surface area contributed by atoms with E-state index in [1.54, 1.807) is 18.2 Å². The first kappa shape index (κ1) is 15.5. The normalized spacial score (nSPS) is 23.7. The zero-order valence-corrected chi connectivity index (χ0v) is 13.2. The van der Waals surface area contributed by atoms with Gasteiger partial charge in [-0.25, -0.2) is 0 Å². The third-order valence-electron chi connectivity index (χ3n) is 4.68. The van der Waals surface area contributed by atoms with Crippen LogP contribution in [0.1, 0.15) is 36.0 Å². The summed E-state index contributed by atoms with van der Waals surface area (Å²) in [5.41, 5.74) is 0.357. The van der Waals surface area contributed by atoms with Crippen LogP contribution in [0.15, 0.2) is 18.2 Å². The lowest BCUT2D eigenvalue weighted by molar-refractivity contribution is -0.135. The van der Waals surface area contributed by atoms with E-state index in [0.29, 0.717) is 36.3 Å². The molecule has 23 heavy (non-hydrogen) atoms. The third kappa shape index (κ3) is 2.58. The van der Waals surface area contributed by atoms with Crippen LogP contribution in [0.3, 0.4) is 0 Å². The first-order valence-corrected chi connectivity index (χ1v) is 7.68. The molecule has 1 aliphatic heterocycles. The van der Waals surface area contributed by atoms with Gasteiger partial charge in [-0.3, -0.25) is 19.3 Å². The fourth-order valence-electron chi connectivity index (χ4n) is 3.51. The Hall–Kier alpha value is -2.37. The minimum absolute atomic E-state index is 0.160. The Bertz CT molecular complexity index is 669. The van der Waals surface area contributed by atoms with E-state index in [1.165, 1.54) is 19.1 Å². The molecule has 1 aromatic rings. The number of nitrogens with zero attached hydrogens (tertiary/aromatic N) is 1. The number of methoxy groups -OCH3 is 2. The minimum atomic E-state index is -0.375. The van der Waals surface area contributed by atoms with Crippen LogP contribution >= 0.6 is 0 Å². The van der Waals surface area contributed by atoms with Crippen LogP contribution in [0.5, 0.6) is 11.5 Å². The molecule has 2 atom stereocenters. The van der Waals surface area contributed by atoms with Crippen molar-refractivity contribution in [2.45, 2.75) is 31.7 Å². The highest BCUT2D eigenvalue weighted by molar-refractivity contribution is 6.06. The van der Waals surface area contributed by atoms with Crippen LogP contribution in [0.25, 0.3) is 0 Å². The number of ether oxygens (including phenoxy) is 2. The Labute approximate surface area is 134 Å². The van der Waals surface area contributed by atoms with Gasteiger partial charge in [0.1, 0.15) is 5.78 Å². The molecule has 3 rings (SSSR count). The summed E-state index contributed by atoms with van der Waals surface area (Å²) in [5, 5.41) is 0. The molecule has 2 amide bonds. The largest absolute Gasteiger partial charge is 0.493 e. The Balaban J connectivity index is 1.92. The average molecular weight is 317 g/mol. The summed E-state index contributed by atoms with van der Waals surface area (Å²) in [7, 11) is 3.01. The molecule has 0 N–H and O–H groups in total. The van der Waals surface area contributed by atoms with Crippen molar-refractivity contribution >= 4 is 17.6 Å². The standard InChI is InChI=1S/C17H19NO5/c1-22-14-7-3-10(9-15(14)23-2)17(21)18-12-5-6-13(19)11(12)4-8-16(18)20/h3,7,9,11-12H,4-6,8H2,1-2H3. The van der Waals surface area contributed by atoms with E-state index in [9.17, 15) is 14.4 Å². The topological polar surface area (TPSA) is 72.9 Å². The second kappa shape index (κ2) is 6.02. The van der Waals surface area contributed by atoms with Gasteiger partial charge in [0.25, 0.3) is 5.91 Å². The van der Waals surface area contributed by atoms with Gasteiger partial charge in [0, 0.05) is 24.3 Å². The number of fused-ring (bicyclic) bond motifs is 1. The first-order valence-electron chi connectivity index (χ1n) is 7.68. The molecule has 1 heterocycles. The highest BCUT2D eigenvalue weighted by Crippen LogP contribution is 2.36. The third-order valence-corrected chi connectivity index (χ3v) is 4.68. The second-order valence-corrected chi connectivity index (χ2v) is 5.86. The number of hydrogen-bond acceptors (Lipinski definition) is 5. The smallest absolute Gasteiger partial charge is 0.260 e. The van der Waals surface area contributed by atoms with Gasteiger partial charge >= 0.3 is 0 Å². The maximum Gasteiger partial charge on any atom is 0.260 e. The number of imide groups is 1. The summed E-state index contributed by atoms with van der Waals surface area (Å²) in [6.45, 7) is 0. The summed E-state index contributed by atoms with van der Waals surface area (Å²) in [6.07, 6.45) is 1.80. The Morgan fingerprint density at radius 3 is 2.52 bits per heavy atom. The van der Waals surface area contributed by atoms with E-state index in [-0.39, 0.29) is 36.0 Å². The lowest BCUT2D eigenvalue weighted by Gasteiger charge is -2.35. The first-order chi connectivity index (χ1) is 11.1. The lowest BCUT2D eigenvalue weighted by Crippen LogP contribution is -2.50. The van der Waals surface area contributed by atoms with Crippen molar-refractivity contribution in [1.82, 2.24) is 4.90 Å². The molecule has 2 aliphatic rings. The Morgan fingerprint density at radius 2 is 1.83 bits per heavy atom. The maximum atomic E-state index is 12.8. The van der Waals surface area contributed by atoms with Crippen molar-refractivity contribution in [2.75, 3.05) is 14.2 Å². The molecule has 2 unspecified atom stereocenters. The predicted molar refractivity (Wildman–Crippen MR) is 81.5 cm³/mol. The summed E-state index contributed by atoms with van der Waals surface area (Å²) >= 11 is 0. The van der Waals surface area contributed by atoms with E-state index in [1.807, 2.05) is 0 Å². The number of Topliss-reactive ketones (excluding diaryl/α,β-unsaturated/α-hetero) is 1. The van der Waals surface area contributed by atoms with E-state index in [0.717, 1.165) is 0 Å². The number of carbonyl (C=O) groups excluding carboxylic acids is 3. The summed E-state index contributed by atoms with van der Waals surface area (Å²) in [4.78, 5) is 38.3. The van der Waals surface area contributed by atoms with Crippen molar-refractivity contribution in [3.8, 4) is 11.5 Å². The number of likely N-dealkylation sites (tertiary alicyclic amines) is 1. The van der Waals surface area contributed by atoms with Gasteiger partial charge in [-0.05, 0) is 31.0 Å². The number of amides is 2. The SMILES string of the molecule is COc1ccc(C(=O)N2C(=O)CCC3C(=O)CCC32)cc1OC. The van der Waals surface area contributed by atoms with E-state index in [2.05, 4.69) is 0 Å². The zero-order chi connectivity index (χ0) is 16.6. The highest BCUT2D eigenvalue weighted by atomic mass is 16.5. The molecule has 6 nitrogen and oxygen atoms in total. The molecule has 0 bridgehead atoms. The van der Waals surface area contributed by atoms with Gasteiger partial charge in [0.2, 0.25) is 5.91 Å². The minimum Gasteiger partial charge on any atom is -0.493 e. The molecular weight excluding hydrogens is 298 g/mol. The Morgan fingerprint density at radius 1 is 1.09 bits per heavy atom. The summed E-state index contributed by atoms with van der Waals surface area (Å²) < 4.78 is 10.4. The van der Waals surface area contributed by atoms with Gasteiger partial charge in [-0.2, -0.15) is 0 Å². The van der Waals surface area contributed by atoms with Gasteiger partial charge < -0.3 is 9.47 Å². The van der Waals surface area contributed by atoms with Crippen LogP contribution in [0.4, 0.5) is 0 Å². The van der Waals surface area contributed by atoms with E-state index < -0.39 is 0 Å². The van der Waals surface area contributed by atoms with Crippen LogP contribution in [0.2, 0.25) is 0 Å². The van der Waals surface area contributed by atoms with Crippen molar-refractivity contribution in [1.29, 1.82) is 0 Å². The molecule has 1 saturated heterocycles. The molecule has 0 spiro atoms. The summed E-state index contributed by atoms with van der Waals surface area (Å²) in [5.74, 6) is 0.329. The number of rotatable bonds is 3. The van der Waals surface area contributed by atoms with Crippen molar-refractivity contribution in [3.05, 3.63) is 23.8 Å². The molecule has 122 valence electrons. The highest BCUT2D eigenvalue weighted by Gasteiger charge is 2.46. The number of benzene rings is 1. The number of piperidine rings is 1. The van der Waals surface area contributed by atoms with Gasteiger partial charge in [-0.15, -0.1) is 0 Å². The fraction of sp³-hybridized carbons (Fsp3) is 0.471. The molecule has 0 radical (unpaired) electrons. The molecule has 1 aliphatic carbocycles.